The second-order valence-electron chi connectivity index (χ2n) is 3.94. The number of halogens is 5. The fraction of sp³-hybridized carbons (Fsp3) is 0.250. The predicted octanol–water partition coefficient (Wildman–Crippen LogP) is 3.98. The lowest BCUT2D eigenvalue weighted by Crippen LogP contribution is -2.17. The van der Waals surface area contributed by atoms with Crippen LogP contribution in [0.4, 0.5) is 17.6 Å². The van der Waals surface area contributed by atoms with Crippen molar-refractivity contribution in [3.05, 3.63) is 53.1 Å². The number of rotatable bonds is 3. The van der Waals surface area contributed by atoms with Crippen LogP contribution >= 0.6 is 15.9 Å². The highest BCUT2D eigenvalue weighted by atomic mass is 79.9. The molecule has 2 rings (SSSR count). The summed E-state index contributed by atoms with van der Waals surface area (Å²) >= 11 is 3.00. The molecule has 0 aliphatic carbocycles. The molecular weight excluding hydrogens is 328 g/mol. The second-order valence-corrected chi connectivity index (χ2v) is 4.50. The molecule has 7 heteroatoms. The molecule has 1 heterocycles. The molecule has 0 saturated carbocycles. The van der Waals surface area contributed by atoms with Crippen molar-refractivity contribution < 1.29 is 17.6 Å². The van der Waals surface area contributed by atoms with Crippen LogP contribution in [0.25, 0.3) is 0 Å². The van der Waals surface area contributed by atoms with Gasteiger partial charge in [-0.05, 0) is 17.7 Å². The van der Waals surface area contributed by atoms with Gasteiger partial charge in [0, 0.05) is 10.9 Å². The van der Waals surface area contributed by atoms with Crippen molar-refractivity contribution in [1.29, 1.82) is 0 Å². The summed E-state index contributed by atoms with van der Waals surface area (Å²) < 4.78 is 52.7. The van der Waals surface area contributed by atoms with E-state index in [1.165, 1.54) is 18.2 Å². The van der Waals surface area contributed by atoms with Gasteiger partial charge >= 0.3 is 6.18 Å². The minimum atomic E-state index is -4.49. The highest BCUT2D eigenvalue weighted by Gasteiger charge is 2.37. The second kappa shape index (κ2) is 5.32. The van der Waals surface area contributed by atoms with Gasteiger partial charge in [-0.15, -0.1) is 0 Å². The Morgan fingerprint density at radius 1 is 1.26 bits per heavy atom. The lowest BCUT2D eigenvalue weighted by molar-refractivity contribution is -0.144. The molecule has 0 saturated heterocycles. The van der Waals surface area contributed by atoms with Gasteiger partial charge in [0.1, 0.15) is 11.5 Å². The van der Waals surface area contributed by atoms with Gasteiger partial charge in [0.2, 0.25) is 0 Å². The van der Waals surface area contributed by atoms with E-state index in [-0.39, 0.29) is 17.4 Å². The Bertz CT molecular complexity index is 577. The molecule has 102 valence electrons. The third-order valence-corrected chi connectivity index (χ3v) is 3.15. The molecule has 0 aliphatic rings. The lowest BCUT2D eigenvalue weighted by Gasteiger charge is -2.12. The molecule has 19 heavy (non-hydrogen) atoms. The van der Waals surface area contributed by atoms with E-state index in [2.05, 4.69) is 21.0 Å². The van der Waals surface area contributed by atoms with Gasteiger partial charge < -0.3 is 0 Å². The van der Waals surface area contributed by atoms with Crippen LogP contribution in [0.15, 0.2) is 30.5 Å². The zero-order chi connectivity index (χ0) is 14.0. The van der Waals surface area contributed by atoms with Gasteiger partial charge in [0.15, 0.2) is 0 Å². The summed E-state index contributed by atoms with van der Waals surface area (Å²) in [6.07, 6.45) is -3.33. The third-order valence-electron chi connectivity index (χ3n) is 2.55. The van der Waals surface area contributed by atoms with Crippen molar-refractivity contribution >= 4 is 15.9 Å². The Labute approximate surface area is 115 Å². The number of nitrogens with zero attached hydrogens (tertiary/aromatic N) is 2. The van der Waals surface area contributed by atoms with Crippen LogP contribution in [-0.4, -0.2) is 9.78 Å². The molecular formula is C12H9BrF4N2. The van der Waals surface area contributed by atoms with Crippen LogP contribution in [0.5, 0.6) is 0 Å². The number of aromatic nitrogens is 2. The van der Waals surface area contributed by atoms with Gasteiger partial charge in [-0.1, -0.05) is 28.1 Å². The van der Waals surface area contributed by atoms with Crippen LogP contribution < -0.4 is 0 Å². The van der Waals surface area contributed by atoms with Gasteiger partial charge in [-0.25, -0.2) is 4.39 Å². The van der Waals surface area contributed by atoms with Gasteiger partial charge in [0.05, 0.1) is 12.7 Å². The molecule has 0 radical (unpaired) electrons. The monoisotopic (exact) mass is 336 g/mol. The minimum Gasteiger partial charge on any atom is -0.256 e. The summed E-state index contributed by atoms with van der Waals surface area (Å²) in [5.41, 5.74) is -0.327. The van der Waals surface area contributed by atoms with E-state index in [0.717, 1.165) is 10.9 Å². The number of hydrogen-bond donors (Lipinski definition) is 0. The predicted molar refractivity (Wildman–Crippen MR) is 65.4 cm³/mol. The summed E-state index contributed by atoms with van der Waals surface area (Å²) in [6, 6.07) is 5.43. The molecule has 1 aromatic carbocycles. The summed E-state index contributed by atoms with van der Waals surface area (Å²) in [5.74, 6) is -0.487. The van der Waals surface area contributed by atoms with E-state index >= 15 is 0 Å². The molecule has 0 unspecified atom stereocenters. The summed E-state index contributed by atoms with van der Waals surface area (Å²) in [4.78, 5) is 0. The van der Waals surface area contributed by atoms with E-state index < -0.39 is 17.7 Å². The summed E-state index contributed by atoms with van der Waals surface area (Å²) in [5, 5.41) is 3.78. The topological polar surface area (TPSA) is 17.8 Å². The maximum Gasteiger partial charge on any atom is 0.433 e. The van der Waals surface area contributed by atoms with E-state index in [9.17, 15) is 17.6 Å². The molecule has 0 atom stereocenters. The van der Waals surface area contributed by atoms with Gasteiger partial charge in [-0.2, -0.15) is 18.3 Å². The van der Waals surface area contributed by atoms with E-state index in [1.54, 1.807) is 6.07 Å². The van der Waals surface area contributed by atoms with Crippen molar-refractivity contribution in [1.82, 2.24) is 9.78 Å². The van der Waals surface area contributed by atoms with Crippen molar-refractivity contribution in [2.24, 2.45) is 0 Å². The fourth-order valence-corrected chi connectivity index (χ4v) is 2.19. The normalized spacial score (nSPS) is 11.8. The Morgan fingerprint density at radius 2 is 2.00 bits per heavy atom. The lowest BCUT2D eigenvalue weighted by atomic mass is 10.2. The van der Waals surface area contributed by atoms with Crippen LogP contribution in [0, 0.1) is 5.82 Å². The van der Waals surface area contributed by atoms with Gasteiger partial charge in [-0.3, -0.25) is 4.68 Å². The first kappa shape index (κ1) is 14.0. The third kappa shape index (κ3) is 3.15. The first-order chi connectivity index (χ1) is 8.91. The average Bonchev–Trinajstić information content (AvgIpc) is 2.71. The summed E-state index contributed by atoms with van der Waals surface area (Å²) in [7, 11) is 0. The zero-order valence-corrected chi connectivity index (χ0v) is 11.2. The Hall–Kier alpha value is -1.37. The molecule has 0 aliphatic heterocycles. The molecule has 2 aromatic rings. The molecule has 2 nitrogen and oxygen atoms in total. The largest absolute Gasteiger partial charge is 0.433 e. The molecule has 0 fully saturated rings. The fourth-order valence-electron chi connectivity index (χ4n) is 1.78. The number of benzene rings is 1. The Kier molecular flexibility index (Phi) is 3.93. The van der Waals surface area contributed by atoms with Gasteiger partial charge in [0.25, 0.3) is 0 Å². The molecule has 0 spiro atoms. The highest BCUT2D eigenvalue weighted by molar-refractivity contribution is 9.08. The number of alkyl halides is 4. The van der Waals surface area contributed by atoms with Crippen molar-refractivity contribution in [3.8, 4) is 0 Å². The summed E-state index contributed by atoms with van der Waals surface area (Å²) in [6.45, 7) is -0.125. The van der Waals surface area contributed by atoms with Crippen LogP contribution in [0.1, 0.15) is 16.8 Å². The van der Waals surface area contributed by atoms with Crippen LogP contribution in [-0.2, 0) is 18.1 Å². The van der Waals surface area contributed by atoms with Crippen molar-refractivity contribution in [2.75, 3.05) is 0 Å². The minimum absolute atomic E-state index is 0.0592. The number of hydrogen-bond acceptors (Lipinski definition) is 1. The Morgan fingerprint density at radius 3 is 2.58 bits per heavy atom. The molecule has 1 aromatic heterocycles. The highest BCUT2D eigenvalue weighted by Crippen LogP contribution is 2.33. The van der Waals surface area contributed by atoms with Crippen molar-refractivity contribution in [2.45, 2.75) is 18.1 Å². The average molecular weight is 337 g/mol. The van der Waals surface area contributed by atoms with Crippen LogP contribution in [0.3, 0.4) is 0 Å². The molecule has 0 amide bonds. The zero-order valence-electron chi connectivity index (χ0n) is 9.59. The standard InChI is InChI=1S/C12H9BrF4N2/c13-5-9-6-18-19(11(9)12(15,16)17)7-8-2-1-3-10(14)4-8/h1-4,6H,5,7H2. The van der Waals surface area contributed by atoms with Crippen LogP contribution in [0.2, 0.25) is 0 Å². The first-order valence-corrected chi connectivity index (χ1v) is 6.46. The first-order valence-electron chi connectivity index (χ1n) is 5.34. The Balaban J connectivity index is 2.38. The molecule has 0 N–H and O–H groups in total. The SMILES string of the molecule is Fc1cccc(Cn2ncc(CBr)c2C(F)(F)F)c1. The van der Waals surface area contributed by atoms with E-state index in [0.29, 0.717) is 5.56 Å². The maximum absolute atomic E-state index is 13.0. The maximum atomic E-state index is 13.0. The van der Waals surface area contributed by atoms with Crippen molar-refractivity contribution in [3.63, 3.8) is 0 Å². The van der Waals surface area contributed by atoms with E-state index in [4.69, 9.17) is 0 Å². The van der Waals surface area contributed by atoms with E-state index in [1.807, 2.05) is 0 Å². The quantitative estimate of drug-likeness (QED) is 0.612. The molecule has 0 bridgehead atoms. The smallest absolute Gasteiger partial charge is 0.256 e.